The topological polar surface area (TPSA) is 145 Å². The Balaban J connectivity index is 1.02. The van der Waals surface area contributed by atoms with E-state index in [0.29, 0.717) is 62.3 Å². The summed E-state index contributed by atoms with van der Waals surface area (Å²) in [6.45, 7) is 14.1. The van der Waals surface area contributed by atoms with Crippen LogP contribution in [0.2, 0.25) is 5.02 Å². The lowest BCUT2D eigenvalue weighted by atomic mass is 9.73. The van der Waals surface area contributed by atoms with Crippen LogP contribution in [0.25, 0.3) is 5.57 Å². The molecule has 3 aliphatic rings. The molecule has 2 saturated heterocycles. The minimum atomic E-state index is -6.10. The molecule has 4 aromatic rings. The van der Waals surface area contributed by atoms with E-state index in [1.807, 2.05) is 47.2 Å². The first kappa shape index (κ1) is 55.6. The van der Waals surface area contributed by atoms with Gasteiger partial charge in [-0.1, -0.05) is 66.9 Å². The van der Waals surface area contributed by atoms with E-state index in [1.54, 1.807) is 31.5 Å². The molecule has 0 aromatic heterocycles. The number of sulfonamides is 1. The first-order valence-corrected chi connectivity index (χ1v) is 30.6. The van der Waals surface area contributed by atoms with E-state index in [0.717, 1.165) is 80.3 Å². The van der Waals surface area contributed by atoms with Crippen molar-refractivity contribution in [3.05, 3.63) is 130 Å². The van der Waals surface area contributed by atoms with Crippen LogP contribution in [-0.2, 0) is 28.9 Å². The Morgan fingerprint density at radius 3 is 2.19 bits per heavy atom. The van der Waals surface area contributed by atoms with Gasteiger partial charge in [0.25, 0.3) is 25.8 Å². The molecule has 20 heteroatoms. The molecule has 1 unspecified atom stereocenters. The number of halogens is 4. The van der Waals surface area contributed by atoms with Crippen molar-refractivity contribution in [2.45, 2.75) is 85.5 Å². The molecule has 4 aromatic carbocycles. The monoisotopic (exact) mass is 1090 g/mol. The van der Waals surface area contributed by atoms with Crippen LogP contribution in [0.3, 0.4) is 0 Å². The smallest absolute Gasteiger partial charge is 0.380 e. The zero-order valence-corrected chi connectivity index (χ0v) is 45.2. The number of likely N-dealkylation sites (tertiary alicyclic amines) is 1. The van der Waals surface area contributed by atoms with Crippen molar-refractivity contribution < 1.29 is 43.9 Å². The average Bonchev–Trinajstić information content (AvgIpc) is 3.33. The molecule has 2 N–H and O–H groups in total. The third-order valence-electron chi connectivity index (χ3n) is 13.4. The average molecular weight is 1090 g/mol. The van der Waals surface area contributed by atoms with Gasteiger partial charge in [-0.2, -0.15) is 13.2 Å². The number of anilines is 2. The molecule has 0 saturated carbocycles. The van der Waals surface area contributed by atoms with Crippen molar-refractivity contribution in [3.8, 4) is 0 Å². The molecule has 1 amide bonds. The summed E-state index contributed by atoms with van der Waals surface area (Å²) < 4.78 is 117. The van der Waals surface area contributed by atoms with E-state index in [9.17, 15) is 39.4 Å². The van der Waals surface area contributed by atoms with Gasteiger partial charge in [-0.05, 0) is 135 Å². The highest BCUT2D eigenvalue weighted by Gasteiger charge is 2.48. The quantitative estimate of drug-likeness (QED) is 0.0681. The number of amides is 1. The van der Waals surface area contributed by atoms with E-state index in [4.69, 9.17) is 16.1 Å². The lowest BCUT2D eigenvalue weighted by Crippen LogP contribution is -2.47. The first-order valence-electron chi connectivity index (χ1n) is 24.2. The molecule has 0 spiro atoms. The summed E-state index contributed by atoms with van der Waals surface area (Å²) in [6, 6.07) is 25.6. The Morgan fingerprint density at radius 2 is 1.56 bits per heavy atom. The van der Waals surface area contributed by atoms with Gasteiger partial charge in [0.15, 0.2) is 0 Å². The first-order chi connectivity index (χ1) is 34.0. The number of allylic oxidation sites excluding steroid dienone is 1. The fraction of sp³-hybridized carbons (Fsp3) is 0.442. The standard InChI is InChI=1S/C52H64ClF3N5O7PS3/c1-5-68-69(4,63)36-38-22-26-59(27-23-38)28-24-43(37-70-45-9-7-6-8-10-45)57-48-20-19-46(33-49(48)71(64,65)52(54,55)56)72(66,67)58-50(62)40-13-17-44(18-14-40)61-31-29-60(30-32-61)35-41-34-51(2,3)25-21-47(41)39-11-15-42(53)16-12-39/h6-20,33,36,43,57H,5,21-32,34-35,37H2,1-4H3,(H,58,62)/t43-,69?/m1/s1. The van der Waals surface area contributed by atoms with Gasteiger partial charge in [0, 0.05) is 92.0 Å². The summed E-state index contributed by atoms with van der Waals surface area (Å²) in [4.78, 5) is 19.0. The summed E-state index contributed by atoms with van der Waals surface area (Å²) >= 11 is 7.63. The maximum absolute atomic E-state index is 14.3. The molecule has 2 aliphatic heterocycles. The van der Waals surface area contributed by atoms with Crippen LogP contribution in [0.15, 0.2) is 129 Å². The van der Waals surface area contributed by atoms with Crippen molar-refractivity contribution in [3.63, 3.8) is 0 Å². The van der Waals surface area contributed by atoms with E-state index < -0.39 is 60.2 Å². The van der Waals surface area contributed by atoms with Gasteiger partial charge in [0.2, 0.25) is 7.37 Å². The van der Waals surface area contributed by atoms with Crippen molar-refractivity contribution in [2.75, 3.05) is 81.6 Å². The maximum Gasteiger partial charge on any atom is 0.501 e. The SMILES string of the molecule is CCOP(C)(=O)C=C1CCN(CC[C@H](CSc2ccccc2)Nc2ccc(S(=O)(=O)NC(=O)c3ccc(N4CCN(CC5=C(c6ccc(Cl)cc6)CCC(C)(C)C5)CC4)cc3)cc2S(=O)(=O)C(F)(F)F)CC1. The molecule has 0 radical (unpaired) electrons. The maximum atomic E-state index is 14.3. The van der Waals surface area contributed by atoms with Gasteiger partial charge in [-0.3, -0.25) is 14.3 Å². The van der Waals surface area contributed by atoms with Crippen LogP contribution in [0.1, 0.15) is 75.2 Å². The van der Waals surface area contributed by atoms with Crippen molar-refractivity contribution in [2.24, 2.45) is 5.41 Å². The molecule has 0 bridgehead atoms. The van der Waals surface area contributed by atoms with E-state index in [-0.39, 0.29) is 11.0 Å². The number of piperazine rings is 1. The van der Waals surface area contributed by atoms with Gasteiger partial charge >= 0.3 is 5.51 Å². The fourth-order valence-corrected chi connectivity index (χ4v) is 14.1. The third-order valence-corrected chi connectivity index (χ3v) is 19.3. The second kappa shape index (κ2) is 23.6. The van der Waals surface area contributed by atoms with Gasteiger partial charge in [0.1, 0.15) is 4.90 Å². The molecule has 12 nitrogen and oxygen atoms in total. The Labute approximate surface area is 432 Å². The summed E-state index contributed by atoms with van der Waals surface area (Å²) in [6.07, 6.45) is 4.86. The molecule has 2 heterocycles. The van der Waals surface area contributed by atoms with E-state index in [2.05, 4.69) is 46.0 Å². The van der Waals surface area contributed by atoms with Crippen LogP contribution >= 0.6 is 30.7 Å². The molecule has 7 rings (SSSR count). The highest BCUT2D eigenvalue weighted by Crippen LogP contribution is 2.47. The number of carbonyl (C=O) groups is 1. The van der Waals surface area contributed by atoms with Gasteiger partial charge in [0.05, 0.1) is 17.2 Å². The van der Waals surface area contributed by atoms with Crippen molar-refractivity contribution in [1.29, 1.82) is 0 Å². The van der Waals surface area contributed by atoms with Crippen LogP contribution in [0.4, 0.5) is 24.5 Å². The van der Waals surface area contributed by atoms with Crippen molar-refractivity contribution in [1.82, 2.24) is 14.5 Å². The van der Waals surface area contributed by atoms with Crippen LogP contribution in [-0.4, -0.2) is 115 Å². The summed E-state index contributed by atoms with van der Waals surface area (Å²) in [7, 11) is -13.8. The summed E-state index contributed by atoms with van der Waals surface area (Å²) in [5.41, 5.74) is -0.0895. The number of hydrogen-bond acceptors (Lipinski definition) is 12. The lowest BCUT2D eigenvalue weighted by Gasteiger charge is -2.39. The predicted molar refractivity (Wildman–Crippen MR) is 284 cm³/mol. The second-order valence-corrected chi connectivity index (χ2v) is 26.9. The number of benzene rings is 4. The zero-order valence-electron chi connectivity index (χ0n) is 41.1. The largest absolute Gasteiger partial charge is 0.501 e. The lowest BCUT2D eigenvalue weighted by molar-refractivity contribution is -0.0436. The zero-order chi connectivity index (χ0) is 51.9. The van der Waals surface area contributed by atoms with E-state index in [1.165, 1.54) is 40.6 Å². The number of thioether (sulfide) groups is 1. The van der Waals surface area contributed by atoms with E-state index >= 15 is 0 Å². The number of hydrogen-bond donors (Lipinski definition) is 2. The Bertz CT molecular complexity index is 2870. The van der Waals surface area contributed by atoms with Gasteiger partial charge < -0.3 is 19.6 Å². The number of sulfone groups is 1. The number of rotatable bonds is 19. The van der Waals surface area contributed by atoms with Gasteiger partial charge in [-0.15, -0.1) is 11.8 Å². The fourth-order valence-electron chi connectivity index (χ4n) is 9.48. The highest BCUT2D eigenvalue weighted by molar-refractivity contribution is 7.99. The van der Waals surface area contributed by atoms with Gasteiger partial charge in [-0.25, -0.2) is 21.6 Å². The number of alkyl halides is 3. The minimum Gasteiger partial charge on any atom is -0.380 e. The highest BCUT2D eigenvalue weighted by atomic mass is 35.5. The molecule has 1 aliphatic carbocycles. The van der Waals surface area contributed by atoms with Crippen LogP contribution in [0, 0.1) is 5.41 Å². The molecular weight excluding hydrogens is 1030 g/mol. The summed E-state index contributed by atoms with van der Waals surface area (Å²) in [5, 5.41) is 3.72. The Hall–Kier alpha value is -4.13. The predicted octanol–water partition coefficient (Wildman–Crippen LogP) is 11.4. The molecule has 72 heavy (non-hydrogen) atoms. The Morgan fingerprint density at radius 1 is 0.889 bits per heavy atom. The number of nitrogens with zero attached hydrogens (tertiary/aromatic N) is 3. The number of nitrogens with one attached hydrogen (secondary N) is 2. The summed E-state index contributed by atoms with van der Waals surface area (Å²) in [5.74, 6) is 1.02. The van der Waals surface area contributed by atoms with Crippen molar-refractivity contribution >= 4 is 73.4 Å². The molecule has 2 atom stereocenters. The normalized spacial score (nSPS) is 18.6. The number of piperidine rings is 1. The Kier molecular flexibility index (Phi) is 18.2. The van der Waals surface area contributed by atoms with Crippen LogP contribution < -0.4 is 14.9 Å². The second-order valence-electron chi connectivity index (χ2n) is 19.5. The van der Waals surface area contributed by atoms with Crippen LogP contribution in [0.5, 0.6) is 0 Å². The molecule has 390 valence electrons. The molecular formula is C52H64ClF3N5O7PS3. The minimum absolute atomic E-state index is 0.0143. The number of carbonyl (C=O) groups excluding carboxylic acids is 1. The third kappa shape index (κ3) is 14.8. The molecule has 2 fully saturated rings.